The quantitative estimate of drug-likeness (QED) is 0.758. The predicted molar refractivity (Wildman–Crippen MR) is 72.1 cm³/mol. The lowest BCUT2D eigenvalue weighted by Crippen LogP contribution is -2.23. The average molecular weight is 292 g/mol. The Morgan fingerprint density at radius 2 is 2.19 bits per heavy atom. The van der Waals surface area contributed by atoms with E-state index in [1.807, 2.05) is 0 Å². The number of nitrogens with two attached hydrogens (primary N) is 1. The minimum absolute atomic E-state index is 0.120. The van der Waals surface area contributed by atoms with Crippen LogP contribution in [0.4, 0.5) is 10.1 Å². The van der Waals surface area contributed by atoms with E-state index in [9.17, 15) is 19.1 Å². The standard InChI is InChI=1S/C13H13FN4O3/c1-18-6-7(5-16-18)11(13(20)21)17-10-3-2-8(14)4-9(10)12(15)19/h2-6,11,17H,1H3,(H2,15,19)(H,20,21). The second-order valence-electron chi connectivity index (χ2n) is 4.42. The van der Waals surface area contributed by atoms with E-state index < -0.39 is 23.7 Å². The molecule has 0 aliphatic heterocycles. The second kappa shape index (κ2) is 5.61. The highest BCUT2D eigenvalue weighted by Crippen LogP contribution is 2.23. The van der Waals surface area contributed by atoms with E-state index in [2.05, 4.69) is 10.4 Å². The van der Waals surface area contributed by atoms with Crippen LogP contribution >= 0.6 is 0 Å². The molecule has 0 saturated carbocycles. The Kier molecular flexibility index (Phi) is 3.88. The van der Waals surface area contributed by atoms with Crippen molar-refractivity contribution in [1.29, 1.82) is 0 Å². The number of carboxylic acids is 1. The molecule has 0 spiro atoms. The molecular formula is C13H13FN4O3. The molecule has 1 aromatic heterocycles. The molecule has 8 heteroatoms. The minimum Gasteiger partial charge on any atom is -0.479 e. The van der Waals surface area contributed by atoms with Crippen molar-refractivity contribution < 1.29 is 19.1 Å². The molecule has 7 nitrogen and oxygen atoms in total. The van der Waals surface area contributed by atoms with Gasteiger partial charge < -0.3 is 16.2 Å². The van der Waals surface area contributed by atoms with E-state index >= 15 is 0 Å². The number of primary amides is 1. The maximum Gasteiger partial charge on any atom is 0.330 e. The van der Waals surface area contributed by atoms with E-state index in [-0.39, 0.29) is 11.3 Å². The molecule has 1 heterocycles. The zero-order valence-corrected chi connectivity index (χ0v) is 11.1. The van der Waals surface area contributed by atoms with Gasteiger partial charge in [-0.1, -0.05) is 0 Å². The summed E-state index contributed by atoms with van der Waals surface area (Å²) in [6.45, 7) is 0. The maximum absolute atomic E-state index is 13.2. The Labute approximate surface area is 119 Å². The molecule has 0 radical (unpaired) electrons. The van der Waals surface area contributed by atoms with Crippen molar-refractivity contribution in [2.45, 2.75) is 6.04 Å². The van der Waals surface area contributed by atoms with E-state index in [1.165, 1.54) is 23.1 Å². The van der Waals surface area contributed by atoms with Crippen molar-refractivity contribution in [3.8, 4) is 0 Å². The zero-order valence-electron chi connectivity index (χ0n) is 11.1. The van der Waals surface area contributed by atoms with Crippen LogP contribution in [-0.2, 0) is 11.8 Å². The van der Waals surface area contributed by atoms with Crippen molar-refractivity contribution in [3.63, 3.8) is 0 Å². The third-order valence-corrected chi connectivity index (χ3v) is 2.85. The summed E-state index contributed by atoms with van der Waals surface area (Å²) < 4.78 is 14.6. The molecule has 110 valence electrons. The predicted octanol–water partition coefficient (Wildman–Crippen LogP) is 0.896. The summed E-state index contributed by atoms with van der Waals surface area (Å²) in [5, 5.41) is 15.9. The van der Waals surface area contributed by atoms with Crippen LogP contribution in [0.15, 0.2) is 30.6 Å². The Morgan fingerprint density at radius 3 is 2.71 bits per heavy atom. The summed E-state index contributed by atoms with van der Waals surface area (Å²) in [5.41, 5.74) is 5.58. The summed E-state index contributed by atoms with van der Waals surface area (Å²) in [6.07, 6.45) is 2.92. The third-order valence-electron chi connectivity index (χ3n) is 2.85. The van der Waals surface area contributed by atoms with Gasteiger partial charge in [-0.3, -0.25) is 9.48 Å². The molecule has 0 bridgehead atoms. The van der Waals surface area contributed by atoms with Crippen LogP contribution in [0.2, 0.25) is 0 Å². The lowest BCUT2D eigenvalue weighted by molar-refractivity contribution is -0.138. The highest BCUT2D eigenvalue weighted by Gasteiger charge is 2.23. The summed E-state index contributed by atoms with van der Waals surface area (Å²) in [5.74, 6) is -2.65. The number of nitrogens with zero attached hydrogens (tertiary/aromatic N) is 2. The minimum atomic E-state index is -1.16. The number of benzene rings is 1. The summed E-state index contributed by atoms with van der Waals surface area (Å²) in [7, 11) is 1.65. The Bertz CT molecular complexity index is 698. The number of nitrogens with one attached hydrogen (secondary N) is 1. The number of aromatic nitrogens is 2. The largest absolute Gasteiger partial charge is 0.479 e. The monoisotopic (exact) mass is 292 g/mol. The van der Waals surface area contributed by atoms with Gasteiger partial charge in [-0.15, -0.1) is 0 Å². The first-order valence-corrected chi connectivity index (χ1v) is 5.95. The fraction of sp³-hybridized carbons (Fsp3) is 0.154. The first-order chi connectivity index (χ1) is 9.88. The van der Waals surface area contributed by atoms with Crippen molar-refractivity contribution in [2.24, 2.45) is 12.8 Å². The molecule has 0 fully saturated rings. The van der Waals surface area contributed by atoms with Crippen LogP contribution in [-0.4, -0.2) is 26.8 Å². The number of aliphatic carboxylic acids is 1. The van der Waals surface area contributed by atoms with Gasteiger partial charge in [-0.2, -0.15) is 5.10 Å². The molecule has 0 aliphatic rings. The van der Waals surface area contributed by atoms with Gasteiger partial charge in [-0.05, 0) is 18.2 Å². The molecule has 1 aromatic carbocycles. The number of hydrogen-bond donors (Lipinski definition) is 3. The molecule has 1 amide bonds. The van der Waals surface area contributed by atoms with Gasteiger partial charge in [0, 0.05) is 24.5 Å². The summed E-state index contributed by atoms with van der Waals surface area (Å²) in [4.78, 5) is 22.7. The molecule has 21 heavy (non-hydrogen) atoms. The molecule has 2 aromatic rings. The lowest BCUT2D eigenvalue weighted by Gasteiger charge is -2.16. The van der Waals surface area contributed by atoms with Gasteiger partial charge >= 0.3 is 5.97 Å². The zero-order chi connectivity index (χ0) is 15.6. The first-order valence-electron chi connectivity index (χ1n) is 5.95. The lowest BCUT2D eigenvalue weighted by atomic mass is 10.1. The van der Waals surface area contributed by atoms with Gasteiger partial charge in [0.25, 0.3) is 5.91 Å². The van der Waals surface area contributed by atoms with Gasteiger partial charge in [0.15, 0.2) is 6.04 Å². The van der Waals surface area contributed by atoms with Crippen LogP contribution in [0.5, 0.6) is 0 Å². The van der Waals surface area contributed by atoms with Crippen molar-refractivity contribution in [2.75, 3.05) is 5.32 Å². The number of rotatable bonds is 5. The third kappa shape index (κ3) is 3.16. The second-order valence-corrected chi connectivity index (χ2v) is 4.42. The highest BCUT2D eigenvalue weighted by atomic mass is 19.1. The van der Waals surface area contributed by atoms with Crippen LogP contribution in [0.25, 0.3) is 0 Å². The van der Waals surface area contributed by atoms with Gasteiger partial charge in [0.2, 0.25) is 0 Å². The van der Waals surface area contributed by atoms with Crippen LogP contribution < -0.4 is 11.1 Å². The van der Waals surface area contributed by atoms with Crippen molar-refractivity contribution in [1.82, 2.24) is 9.78 Å². The number of aryl methyl sites for hydroxylation is 1. The van der Waals surface area contributed by atoms with Gasteiger partial charge in [0.1, 0.15) is 5.82 Å². The maximum atomic E-state index is 13.2. The summed E-state index contributed by atoms with van der Waals surface area (Å²) in [6, 6.07) is 2.19. The number of halogens is 1. The van der Waals surface area contributed by atoms with E-state index in [0.29, 0.717) is 5.56 Å². The molecule has 1 atom stereocenters. The summed E-state index contributed by atoms with van der Waals surface area (Å²) >= 11 is 0. The Balaban J connectivity index is 2.38. The van der Waals surface area contributed by atoms with Gasteiger partial charge in [0.05, 0.1) is 11.8 Å². The molecule has 4 N–H and O–H groups in total. The number of carbonyl (C=O) groups is 2. The number of carbonyl (C=O) groups excluding carboxylic acids is 1. The highest BCUT2D eigenvalue weighted by molar-refractivity contribution is 5.99. The number of amides is 1. The van der Waals surface area contributed by atoms with Crippen LogP contribution in [0.1, 0.15) is 22.0 Å². The topological polar surface area (TPSA) is 110 Å². The number of carboxylic acid groups (broad SMARTS) is 1. The number of anilines is 1. The van der Waals surface area contributed by atoms with Crippen LogP contribution in [0, 0.1) is 5.82 Å². The first kappa shape index (κ1) is 14.5. The Morgan fingerprint density at radius 1 is 1.48 bits per heavy atom. The van der Waals surface area contributed by atoms with Crippen LogP contribution in [0.3, 0.4) is 0 Å². The van der Waals surface area contributed by atoms with Crippen molar-refractivity contribution in [3.05, 3.63) is 47.5 Å². The SMILES string of the molecule is Cn1cc(C(Nc2ccc(F)cc2C(N)=O)C(=O)O)cn1. The van der Waals surface area contributed by atoms with E-state index in [4.69, 9.17) is 5.73 Å². The van der Waals surface area contributed by atoms with Crippen molar-refractivity contribution >= 4 is 17.6 Å². The Hall–Kier alpha value is -2.90. The smallest absolute Gasteiger partial charge is 0.330 e. The normalized spacial score (nSPS) is 11.9. The fourth-order valence-corrected chi connectivity index (χ4v) is 1.88. The molecule has 0 saturated heterocycles. The van der Waals surface area contributed by atoms with E-state index in [0.717, 1.165) is 12.1 Å². The molecular weight excluding hydrogens is 279 g/mol. The van der Waals surface area contributed by atoms with E-state index in [1.54, 1.807) is 7.05 Å². The van der Waals surface area contributed by atoms with Gasteiger partial charge in [-0.25, -0.2) is 9.18 Å². The molecule has 2 rings (SSSR count). The molecule has 0 aliphatic carbocycles. The molecule has 1 unspecified atom stereocenters. The average Bonchev–Trinajstić information content (AvgIpc) is 2.83. The fourth-order valence-electron chi connectivity index (χ4n) is 1.88. The number of hydrogen-bond acceptors (Lipinski definition) is 4.